The Hall–Kier alpha value is -1.38. The summed E-state index contributed by atoms with van der Waals surface area (Å²) in [5, 5.41) is 17.7. The molecule has 1 rings (SSSR count). The van der Waals surface area contributed by atoms with Crippen LogP contribution in [0, 0.1) is 0 Å². The van der Waals surface area contributed by atoms with Gasteiger partial charge in [-0.1, -0.05) is 0 Å². The summed E-state index contributed by atoms with van der Waals surface area (Å²) in [5.74, 6) is -1.17. The van der Waals surface area contributed by atoms with Crippen molar-refractivity contribution < 1.29 is 23.4 Å². The Morgan fingerprint density at radius 2 is 2.05 bits per heavy atom. The molecule has 0 aliphatic rings. The van der Waals surface area contributed by atoms with Crippen LogP contribution < -0.4 is 4.72 Å². The molecule has 7 nitrogen and oxygen atoms in total. The first-order valence-electron chi connectivity index (χ1n) is 6.35. The van der Waals surface area contributed by atoms with Gasteiger partial charge in [-0.2, -0.15) is 0 Å². The smallest absolute Gasteiger partial charge is 0.352 e. The zero-order valence-electron chi connectivity index (χ0n) is 11.5. The van der Waals surface area contributed by atoms with Gasteiger partial charge in [0.05, 0.1) is 0 Å². The highest BCUT2D eigenvalue weighted by molar-refractivity contribution is 7.89. The number of rotatable bonds is 8. The standard InChI is InChI=1S/C12H20N2O5S/c1-9(2)14-8-10(7-11(14)12(16)17)20(18,19)13-5-3-4-6-15/h7-9,13,15H,3-6H2,1-2H3,(H,16,17). The van der Waals surface area contributed by atoms with E-state index in [4.69, 9.17) is 10.2 Å². The lowest BCUT2D eigenvalue weighted by Gasteiger charge is -2.09. The van der Waals surface area contributed by atoms with Gasteiger partial charge >= 0.3 is 5.97 Å². The second kappa shape index (κ2) is 6.87. The normalized spacial score (nSPS) is 12.0. The van der Waals surface area contributed by atoms with Gasteiger partial charge in [0.15, 0.2) is 0 Å². The largest absolute Gasteiger partial charge is 0.477 e. The minimum Gasteiger partial charge on any atom is -0.477 e. The maximum atomic E-state index is 12.0. The third-order valence-corrected chi connectivity index (χ3v) is 4.21. The first-order chi connectivity index (χ1) is 9.29. The molecule has 0 saturated heterocycles. The molecule has 20 heavy (non-hydrogen) atoms. The van der Waals surface area contributed by atoms with Crippen LogP contribution >= 0.6 is 0 Å². The van der Waals surface area contributed by atoms with Crippen LogP contribution in [0.25, 0.3) is 0 Å². The number of carbonyl (C=O) groups is 1. The number of nitrogens with zero attached hydrogens (tertiary/aromatic N) is 1. The van der Waals surface area contributed by atoms with Crippen molar-refractivity contribution in [3.63, 3.8) is 0 Å². The van der Waals surface area contributed by atoms with Gasteiger partial charge in [-0.05, 0) is 32.8 Å². The van der Waals surface area contributed by atoms with Crippen molar-refractivity contribution in [2.24, 2.45) is 0 Å². The predicted octanol–water partition coefficient (Wildman–Crippen LogP) is 0.818. The molecule has 0 amide bonds. The molecule has 3 N–H and O–H groups in total. The van der Waals surface area contributed by atoms with E-state index in [1.807, 2.05) is 0 Å². The molecule has 0 spiro atoms. The van der Waals surface area contributed by atoms with Gasteiger partial charge in [-0.15, -0.1) is 0 Å². The van der Waals surface area contributed by atoms with Crippen LogP contribution in [0.2, 0.25) is 0 Å². The van der Waals surface area contributed by atoms with E-state index in [9.17, 15) is 13.2 Å². The van der Waals surface area contributed by atoms with Crippen molar-refractivity contribution in [3.05, 3.63) is 18.0 Å². The van der Waals surface area contributed by atoms with Gasteiger partial charge in [0.25, 0.3) is 0 Å². The Morgan fingerprint density at radius 1 is 1.40 bits per heavy atom. The highest BCUT2D eigenvalue weighted by atomic mass is 32.2. The van der Waals surface area contributed by atoms with Gasteiger partial charge in [-0.3, -0.25) is 0 Å². The number of aliphatic hydroxyl groups excluding tert-OH is 1. The number of aliphatic hydroxyl groups is 1. The quantitative estimate of drug-likeness (QED) is 0.616. The fourth-order valence-electron chi connectivity index (χ4n) is 1.73. The number of carboxylic acids is 1. The van der Waals surface area contributed by atoms with Crippen LogP contribution in [0.1, 0.15) is 43.2 Å². The molecule has 0 fully saturated rings. The number of unbranched alkanes of at least 4 members (excludes halogenated alkanes) is 1. The van der Waals surface area contributed by atoms with E-state index >= 15 is 0 Å². The predicted molar refractivity (Wildman–Crippen MR) is 73.3 cm³/mol. The number of aromatic carboxylic acids is 1. The number of nitrogens with one attached hydrogen (secondary N) is 1. The fourth-order valence-corrected chi connectivity index (χ4v) is 2.83. The summed E-state index contributed by atoms with van der Waals surface area (Å²) in [5.41, 5.74) is -0.0595. The van der Waals surface area contributed by atoms with E-state index in [0.29, 0.717) is 12.8 Å². The third kappa shape index (κ3) is 4.06. The molecule has 0 bridgehead atoms. The molecule has 0 radical (unpaired) electrons. The maximum Gasteiger partial charge on any atom is 0.352 e. The van der Waals surface area contributed by atoms with Crippen molar-refractivity contribution >= 4 is 16.0 Å². The van der Waals surface area contributed by atoms with Crippen molar-refractivity contribution in [1.82, 2.24) is 9.29 Å². The van der Waals surface area contributed by atoms with E-state index in [2.05, 4.69) is 4.72 Å². The molecule has 0 aliphatic heterocycles. The molecule has 1 aromatic rings. The van der Waals surface area contributed by atoms with Crippen LogP contribution in [-0.4, -0.2) is 42.3 Å². The molecule has 0 aliphatic carbocycles. The summed E-state index contributed by atoms with van der Waals surface area (Å²) in [6.45, 7) is 3.77. The van der Waals surface area contributed by atoms with Gasteiger partial charge in [0.1, 0.15) is 10.6 Å². The molecule has 1 heterocycles. The lowest BCUT2D eigenvalue weighted by molar-refractivity contribution is 0.0683. The van der Waals surface area contributed by atoms with Crippen molar-refractivity contribution in [2.75, 3.05) is 13.2 Å². The Balaban J connectivity index is 2.95. The summed E-state index contributed by atoms with van der Waals surface area (Å²) in [6.07, 6.45) is 2.35. The Labute approximate surface area is 118 Å². The van der Waals surface area contributed by atoms with Crippen LogP contribution in [0.5, 0.6) is 0 Å². The second-order valence-corrected chi connectivity index (χ2v) is 6.46. The molecule has 8 heteroatoms. The molecule has 0 atom stereocenters. The minimum atomic E-state index is -3.73. The van der Waals surface area contributed by atoms with Gasteiger partial charge in [0, 0.05) is 25.4 Å². The minimum absolute atomic E-state index is 0.00855. The van der Waals surface area contributed by atoms with E-state index < -0.39 is 16.0 Å². The van der Waals surface area contributed by atoms with E-state index in [0.717, 1.165) is 6.07 Å². The summed E-state index contributed by atoms with van der Waals surface area (Å²) in [6, 6.07) is 0.996. The average Bonchev–Trinajstić information content (AvgIpc) is 2.80. The highest BCUT2D eigenvalue weighted by Crippen LogP contribution is 2.19. The zero-order chi connectivity index (χ0) is 15.3. The number of carboxylic acid groups (broad SMARTS) is 1. The third-order valence-electron chi connectivity index (χ3n) is 2.79. The molecular weight excluding hydrogens is 284 g/mol. The second-order valence-electron chi connectivity index (χ2n) is 4.70. The summed E-state index contributed by atoms with van der Waals surface area (Å²) >= 11 is 0. The van der Waals surface area contributed by atoms with Gasteiger partial charge < -0.3 is 14.8 Å². The van der Waals surface area contributed by atoms with Crippen LogP contribution in [-0.2, 0) is 10.0 Å². The highest BCUT2D eigenvalue weighted by Gasteiger charge is 2.21. The number of sulfonamides is 1. The number of aromatic nitrogens is 1. The molecular formula is C12H20N2O5S. The number of hydrogen-bond donors (Lipinski definition) is 3. The summed E-state index contributed by atoms with van der Waals surface area (Å²) in [4.78, 5) is 11.0. The average molecular weight is 304 g/mol. The Bertz CT molecular complexity index is 562. The Morgan fingerprint density at radius 3 is 2.50 bits per heavy atom. The van der Waals surface area contributed by atoms with Crippen LogP contribution in [0.15, 0.2) is 17.2 Å². The fraction of sp³-hybridized carbons (Fsp3) is 0.583. The van der Waals surface area contributed by atoms with E-state index in [1.165, 1.54) is 10.8 Å². The molecule has 114 valence electrons. The SMILES string of the molecule is CC(C)n1cc(S(=O)(=O)NCCCCO)cc1C(=O)O. The van der Waals surface area contributed by atoms with E-state index in [1.54, 1.807) is 13.8 Å². The Kier molecular flexibility index (Phi) is 5.73. The van der Waals surface area contributed by atoms with Crippen molar-refractivity contribution in [2.45, 2.75) is 37.6 Å². The number of hydrogen-bond acceptors (Lipinski definition) is 4. The first kappa shape index (κ1) is 16.7. The molecule has 0 unspecified atom stereocenters. The first-order valence-corrected chi connectivity index (χ1v) is 7.83. The maximum absolute atomic E-state index is 12.0. The van der Waals surface area contributed by atoms with E-state index in [-0.39, 0.29) is 29.8 Å². The zero-order valence-corrected chi connectivity index (χ0v) is 12.4. The molecule has 0 saturated carbocycles. The summed E-state index contributed by atoms with van der Waals surface area (Å²) in [7, 11) is -3.73. The lowest BCUT2D eigenvalue weighted by atomic mass is 10.3. The lowest BCUT2D eigenvalue weighted by Crippen LogP contribution is -2.24. The van der Waals surface area contributed by atoms with Gasteiger partial charge in [0.2, 0.25) is 10.0 Å². The topological polar surface area (TPSA) is 109 Å². The van der Waals surface area contributed by atoms with Crippen LogP contribution in [0.4, 0.5) is 0 Å². The summed E-state index contributed by atoms with van der Waals surface area (Å²) < 4.78 is 27.8. The van der Waals surface area contributed by atoms with Crippen LogP contribution in [0.3, 0.4) is 0 Å². The molecule has 0 aromatic carbocycles. The monoisotopic (exact) mass is 304 g/mol. The van der Waals surface area contributed by atoms with Crippen molar-refractivity contribution in [1.29, 1.82) is 0 Å². The van der Waals surface area contributed by atoms with Gasteiger partial charge in [-0.25, -0.2) is 17.9 Å². The van der Waals surface area contributed by atoms with Crippen molar-refractivity contribution in [3.8, 4) is 0 Å². The molecule has 1 aromatic heterocycles.